The highest BCUT2D eigenvalue weighted by Gasteiger charge is 2.36. The smallest absolute Gasteiger partial charge is 0.273 e. The van der Waals surface area contributed by atoms with Crippen molar-refractivity contribution in [3.8, 4) is 0 Å². The van der Waals surface area contributed by atoms with E-state index >= 15 is 0 Å². The first-order chi connectivity index (χ1) is 10.7. The lowest BCUT2D eigenvalue weighted by atomic mass is 10.1. The van der Waals surface area contributed by atoms with Crippen LogP contribution in [0.25, 0.3) is 6.08 Å². The summed E-state index contributed by atoms with van der Waals surface area (Å²) in [5.41, 5.74) is 1.05. The van der Waals surface area contributed by atoms with E-state index in [0.29, 0.717) is 11.3 Å². The van der Waals surface area contributed by atoms with E-state index < -0.39 is 17.8 Å². The second-order valence-electron chi connectivity index (χ2n) is 4.70. The molecule has 5 heteroatoms. The van der Waals surface area contributed by atoms with E-state index in [1.807, 2.05) is 6.07 Å². The summed E-state index contributed by atoms with van der Waals surface area (Å²) in [5, 5.41) is 2.19. The van der Waals surface area contributed by atoms with Crippen LogP contribution in [0.4, 0.5) is 10.5 Å². The number of hydrogen-bond donors (Lipinski definition) is 1. The minimum Gasteiger partial charge on any atom is -0.273 e. The Bertz CT molecular complexity index is 767. The summed E-state index contributed by atoms with van der Waals surface area (Å²) in [6.07, 6.45) is 1.47. The van der Waals surface area contributed by atoms with Gasteiger partial charge in [0.05, 0.1) is 5.69 Å². The van der Waals surface area contributed by atoms with Gasteiger partial charge in [-0.2, -0.15) is 0 Å². The van der Waals surface area contributed by atoms with Crippen molar-refractivity contribution in [1.29, 1.82) is 0 Å². The molecule has 0 radical (unpaired) electrons. The zero-order valence-electron chi connectivity index (χ0n) is 11.5. The van der Waals surface area contributed by atoms with E-state index in [1.165, 1.54) is 6.08 Å². The molecule has 22 heavy (non-hydrogen) atoms. The highest BCUT2D eigenvalue weighted by atomic mass is 16.2. The number of nitrogens with one attached hydrogen (secondary N) is 1. The number of amides is 4. The lowest BCUT2D eigenvalue weighted by molar-refractivity contribution is -0.122. The third-order valence-electron chi connectivity index (χ3n) is 3.23. The molecule has 0 atom stereocenters. The number of carbonyl (C=O) groups is 3. The first-order valence-corrected chi connectivity index (χ1v) is 6.68. The Morgan fingerprint density at radius 2 is 1.41 bits per heavy atom. The second-order valence-corrected chi connectivity index (χ2v) is 4.70. The number of para-hydroxylation sites is 1. The van der Waals surface area contributed by atoms with Gasteiger partial charge in [0.25, 0.3) is 11.8 Å². The van der Waals surface area contributed by atoms with E-state index in [1.54, 1.807) is 54.6 Å². The van der Waals surface area contributed by atoms with Crippen LogP contribution < -0.4 is 10.2 Å². The Morgan fingerprint density at radius 3 is 2.05 bits per heavy atom. The van der Waals surface area contributed by atoms with Gasteiger partial charge in [0.2, 0.25) is 0 Å². The van der Waals surface area contributed by atoms with E-state index in [4.69, 9.17) is 0 Å². The monoisotopic (exact) mass is 292 g/mol. The number of carbonyl (C=O) groups excluding carboxylic acids is 3. The maximum absolute atomic E-state index is 12.5. The van der Waals surface area contributed by atoms with Crippen LogP contribution in [0, 0.1) is 0 Å². The Kier molecular flexibility index (Phi) is 3.53. The fourth-order valence-corrected chi connectivity index (χ4v) is 2.18. The maximum Gasteiger partial charge on any atom is 0.335 e. The lowest BCUT2D eigenvalue weighted by Gasteiger charge is -2.26. The summed E-state index contributed by atoms with van der Waals surface area (Å²) in [6.45, 7) is 0. The van der Waals surface area contributed by atoms with E-state index in [0.717, 1.165) is 4.90 Å². The van der Waals surface area contributed by atoms with Crippen LogP contribution >= 0.6 is 0 Å². The molecule has 2 aromatic carbocycles. The molecular formula is C17H12N2O3. The van der Waals surface area contributed by atoms with Crippen molar-refractivity contribution in [3.63, 3.8) is 0 Å². The van der Waals surface area contributed by atoms with Gasteiger partial charge in [0.15, 0.2) is 0 Å². The third-order valence-corrected chi connectivity index (χ3v) is 3.23. The van der Waals surface area contributed by atoms with Gasteiger partial charge in [-0.3, -0.25) is 14.9 Å². The average Bonchev–Trinajstić information content (AvgIpc) is 2.53. The molecule has 0 aliphatic carbocycles. The summed E-state index contributed by atoms with van der Waals surface area (Å²) >= 11 is 0. The number of rotatable bonds is 2. The zero-order chi connectivity index (χ0) is 15.5. The van der Waals surface area contributed by atoms with Crippen LogP contribution in [0.1, 0.15) is 5.56 Å². The summed E-state index contributed by atoms with van der Waals surface area (Å²) in [4.78, 5) is 37.4. The van der Waals surface area contributed by atoms with Crippen molar-refractivity contribution in [2.75, 3.05) is 4.90 Å². The molecule has 1 fully saturated rings. The van der Waals surface area contributed by atoms with Crippen LogP contribution in [0.3, 0.4) is 0 Å². The van der Waals surface area contributed by atoms with Gasteiger partial charge in [-0.05, 0) is 23.8 Å². The highest BCUT2D eigenvalue weighted by molar-refractivity contribution is 6.39. The van der Waals surface area contributed by atoms with Crippen molar-refractivity contribution in [2.45, 2.75) is 0 Å². The number of imide groups is 2. The van der Waals surface area contributed by atoms with Crippen molar-refractivity contribution >= 4 is 29.6 Å². The molecule has 0 spiro atoms. The van der Waals surface area contributed by atoms with E-state index in [9.17, 15) is 14.4 Å². The van der Waals surface area contributed by atoms with Gasteiger partial charge in [-0.25, -0.2) is 9.69 Å². The Balaban J connectivity index is 2.02. The molecule has 1 saturated heterocycles. The number of hydrogen-bond acceptors (Lipinski definition) is 3. The van der Waals surface area contributed by atoms with E-state index in [-0.39, 0.29) is 5.57 Å². The quantitative estimate of drug-likeness (QED) is 0.682. The molecule has 1 heterocycles. The maximum atomic E-state index is 12.5. The molecule has 1 aliphatic heterocycles. The molecule has 5 nitrogen and oxygen atoms in total. The van der Waals surface area contributed by atoms with Crippen LogP contribution in [0.15, 0.2) is 66.2 Å². The summed E-state index contributed by atoms with van der Waals surface area (Å²) < 4.78 is 0. The molecule has 1 aliphatic rings. The van der Waals surface area contributed by atoms with Gasteiger partial charge in [-0.15, -0.1) is 0 Å². The molecule has 3 rings (SSSR count). The van der Waals surface area contributed by atoms with Crippen LogP contribution in [0.2, 0.25) is 0 Å². The number of urea groups is 1. The largest absolute Gasteiger partial charge is 0.335 e. The molecule has 2 aromatic rings. The molecule has 0 saturated carbocycles. The van der Waals surface area contributed by atoms with Gasteiger partial charge >= 0.3 is 6.03 Å². The van der Waals surface area contributed by atoms with Crippen LogP contribution in [-0.4, -0.2) is 17.8 Å². The van der Waals surface area contributed by atoms with Crippen LogP contribution in [0.5, 0.6) is 0 Å². The number of benzene rings is 2. The molecule has 4 amide bonds. The SMILES string of the molecule is O=C1NC(=O)N(c2ccccc2)C(=O)C1=Cc1ccccc1. The van der Waals surface area contributed by atoms with Crippen molar-refractivity contribution in [1.82, 2.24) is 5.32 Å². The first kappa shape index (κ1) is 13.8. The van der Waals surface area contributed by atoms with E-state index in [2.05, 4.69) is 5.32 Å². The summed E-state index contributed by atoms with van der Waals surface area (Å²) in [7, 11) is 0. The predicted molar refractivity (Wildman–Crippen MR) is 81.9 cm³/mol. The Morgan fingerprint density at radius 1 is 0.818 bits per heavy atom. The topological polar surface area (TPSA) is 66.5 Å². The van der Waals surface area contributed by atoms with Crippen LogP contribution in [-0.2, 0) is 9.59 Å². The van der Waals surface area contributed by atoms with Gasteiger partial charge in [0, 0.05) is 0 Å². The van der Waals surface area contributed by atoms with Crippen molar-refractivity contribution in [2.24, 2.45) is 0 Å². The molecule has 1 N–H and O–H groups in total. The minimum atomic E-state index is -0.744. The number of nitrogens with zero attached hydrogens (tertiary/aromatic N) is 1. The molecule has 0 bridgehead atoms. The Hall–Kier alpha value is -3.21. The zero-order valence-corrected chi connectivity index (χ0v) is 11.5. The Labute approximate surface area is 126 Å². The van der Waals surface area contributed by atoms with Gasteiger partial charge in [-0.1, -0.05) is 48.5 Å². The highest BCUT2D eigenvalue weighted by Crippen LogP contribution is 2.21. The molecule has 0 aromatic heterocycles. The first-order valence-electron chi connectivity index (χ1n) is 6.68. The summed E-state index contributed by atoms with van der Waals surface area (Å²) in [6, 6.07) is 16.7. The lowest BCUT2D eigenvalue weighted by Crippen LogP contribution is -2.54. The predicted octanol–water partition coefficient (Wildman–Crippen LogP) is 2.35. The third kappa shape index (κ3) is 2.52. The normalized spacial score (nSPS) is 16.8. The number of anilines is 1. The van der Waals surface area contributed by atoms with Crippen molar-refractivity contribution in [3.05, 3.63) is 71.8 Å². The summed E-state index contributed by atoms with van der Waals surface area (Å²) in [5.74, 6) is -1.32. The van der Waals surface area contributed by atoms with Gasteiger partial charge in [0.1, 0.15) is 5.57 Å². The fourth-order valence-electron chi connectivity index (χ4n) is 2.18. The number of barbiturate groups is 1. The fraction of sp³-hybridized carbons (Fsp3) is 0. The average molecular weight is 292 g/mol. The molecule has 108 valence electrons. The molecule has 0 unspecified atom stereocenters. The van der Waals surface area contributed by atoms with Gasteiger partial charge < -0.3 is 0 Å². The van der Waals surface area contributed by atoms with Crippen molar-refractivity contribution < 1.29 is 14.4 Å². The minimum absolute atomic E-state index is 0.0744. The standard InChI is InChI=1S/C17H12N2O3/c20-15-14(11-12-7-3-1-4-8-12)16(21)19(17(22)18-15)13-9-5-2-6-10-13/h1-11H,(H,18,20,22). The molecular weight excluding hydrogens is 280 g/mol. The second kappa shape index (κ2) is 5.65.